The second-order valence-electron chi connectivity index (χ2n) is 3.69. The van der Waals surface area contributed by atoms with Crippen molar-refractivity contribution < 1.29 is 9.18 Å². The highest BCUT2D eigenvalue weighted by atomic mass is 35.5. The molecule has 1 aromatic heterocycles. The van der Waals surface area contributed by atoms with Crippen LogP contribution in [0.4, 0.5) is 15.8 Å². The lowest BCUT2D eigenvalue weighted by molar-refractivity contribution is 0.102. The van der Waals surface area contributed by atoms with E-state index in [1.807, 2.05) is 0 Å². The second-order valence-corrected chi connectivity index (χ2v) is 4.09. The third-order valence-corrected chi connectivity index (χ3v) is 2.56. The molecule has 3 N–H and O–H groups in total. The number of hydrogen-bond donors (Lipinski definition) is 2. The molecule has 7 heteroatoms. The van der Waals surface area contributed by atoms with Crippen LogP contribution in [0.2, 0.25) is 5.02 Å². The molecule has 0 aliphatic carbocycles. The van der Waals surface area contributed by atoms with E-state index in [4.69, 9.17) is 17.3 Å². The maximum absolute atomic E-state index is 12.8. The van der Waals surface area contributed by atoms with E-state index in [1.54, 1.807) is 7.05 Å². The maximum Gasteiger partial charge on any atom is 0.278 e. The van der Waals surface area contributed by atoms with Gasteiger partial charge in [-0.3, -0.25) is 9.48 Å². The van der Waals surface area contributed by atoms with Gasteiger partial charge in [-0.15, -0.1) is 0 Å². The van der Waals surface area contributed by atoms with Gasteiger partial charge in [-0.05, 0) is 18.2 Å². The summed E-state index contributed by atoms with van der Waals surface area (Å²) in [7, 11) is 1.65. The molecule has 0 atom stereocenters. The Morgan fingerprint density at radius 3 is 2.83 bits per heavy atom. The van der Waals surface area contributed by atoms with Gasteiger partial charge in [0.15, 0.2) is 5.69 Å². The summed E-state index contributed by atoms with van der Waals surface area (Å²) in [5.41, 5.74) is 6.27. The number of nitrogens with one attached hydrogen (secondary N) is 1. The number of carbonyl (C=O) groups excluding carboxylic acids is 1. The molecule has 0 saturated carbocycles. The van der Waals surface area contributed by atoms with Crippen molar-refractivity contribution in [2.75, 3.05) is 11.1 Å². The molecule has 2 rings (SSSR count). The first-order valence-corrected chi connectivity index (χ1v) is 5.40. The zero-order chi connectivity index (χ0) is 13.3. The molecular weight excluding hydrogens is 259 g/mol. The number of halogens is 2. The van der Waals surface area contributed by atoms with E-state index in [0.717, 1.165) is 6.07 Å². The quantitative estimate of drug-likeness (QED) is 0.875. The number of amides is 1. The van der Waals surface area contributed by atoms with E-state index >= 15 is 0 Å². The first kappa shape index (κ1) is 12.4. The minimum absolute atomic E-state index is 0.0953. The minimum atomic E-state index is -0.499. The Morgan fingerprint density at radius 2 is 2.28 bits per heavy atom. The van der Waals surface area contributed by atoms with E-state index in [-0.39, 0.29) is 16.4 Å². The standard InChI is InChI=1S/C11H10ClFN4O/c1-17-5-8(14)10(16-17)11(18)15-9-3-2-6(13)4-7(9)12/h2-5H,14H2,1H3,(H,15,18). The van der Waals surface area contributed by atoms with E-state index < -0.39 is 11.7 Å². The number of carbonyl (C=O) groups is 1. The SMILES string of the molecule is Cn1cc(N)c(C(=O)Nc2ccc(F)cc2Cl)n1. The molecule has 1 amide bonds. The van der Waals surface area contributed by atoms with Crippen molar-refractivity contribution in [1.82, 2.24) is 9.78 Å². The third kappa shape index (κ3) is 2.43. The molecule has 1 aromatic carbocycles. The van der Waals surface area contributed by atoms with E-state index in [9.17, 15) is 9.18 Å². The Morgan fingerprint density at radius 1 is 1.56 bits per heavy atom. The Kier molecular flexibility index (Phi) is 3.20. The van der Waals surface area contributed by atoms with E-state index in [2.05, 4.69) is 10.4 Å². The van der Waals surface area contributed by atoms with E-state index in [1.165, 1.54) is 23.0 Å². The van der Waals surface area contributed by atoms with Gasteiger partial charge in [-0.2, -0.15) is 5.10 Å². The number of aryl methyl sites for hydroxylation is 1. The van der Waals surface area contributed by atoms with Crippen molar-refractivity contribution in [2.45, 2.75) is 0 Å². The monoisotopic (exact) mass is 268 g/mol. The largest absolute Gasteiger partial charge is 0.396 e. The number of nitrogens with two attached hydrogens (primary N) is 1. The van der Waals surface area contributed by atoms with Crippen molar-refractivity contribution >= 4 is 28.9 Å². The fourth-order valence-electron chi connectivity index (χ4n) is 1.46. The number of hydrogen-bond acceptors (Lipinski definition) is 3. The third-order valence-electron chi connectivity index (χ3n) is 2.25. The molecule has 5 nitrogen and oxygen atoms in total. The second kappa shape index (κ2) is 4.66. The molecule has 0 bridgehead atoms. The van der Waals surface area contributed by atoms with Gasteiger partial charge in [0.25, 0.3) is 5.91 Å². The summed E-state index contributed by atoms with van der Waals surface area (Å²) < 4.78 is 14.3. The lowest BCUT2D eigenvalue weighted by Gasteiger charge is -2.05. The molecule has 0 aliphatic heterocycles. The number of aromatic nitrogens is 2. The summed E-state index contributed by atoms with van der Waals surface area (Å²) in [6.07, 6.45) is 1.52. The molecule has 1 heterocycles. The summed E-state index contributed by atoms with van der Waals surface area (Å²) in [5, 5.41) is 6.54. The van der Waals surface area contributed by atoms with Gasteiger partial charge < -0.3 is 11.1 Å². The molecule has 18 heavy (non-hydrogen) atoms. The molecular formula is C11H10ClFN4O. The number of rotatable bonds is 2. The van der Waals surface area contributed by atoms with Crippen molar-refractivity contribution in [2.24, 2.45) is 7.05 Å². The van der Waals surface area contributed by atoms with Gasteiger partial charge in [0.2, 0.25) is 0 Å². The number of nitrogens with zero attached hydrogens (tertiary/aromatic N) is 2. The molecule has 0 spiro atoms. The van der Waals surface area contributed by atoms with Crippen LogP contribution in [0.3, 0.4) is 0 Å². The molecule has 94 valence electrons. The summed E-state index contributed by atoms with van der Waals surface area (Å²) in [6.45, 7) is 0. The predicted molar refractivity (Wildman–Crippen MR) is 67.0 cm³/mol. The lowest BCUT2D eigenvalue weighted by atomic mass is 10.3. The van der Waals surface area contributed by atoms with Gasteiger partial charge in [-0.25, -0.2) is 4.39 Å². The first-order chi connectivity index (χ1) is 8.47. The molecule has 0 radical (unpaired) electrons. The summed E-state index contributed by atoms with van der Waals surface area (Å²) in [5.74, 6) is -0.975. The lowest BCUT2D eigenvalue weighted by Crippen LogP contribution is -2.14. The highest BCUT2D eigenvalue weighted by Crippen LogP contribution is 2.23. The van der Waals surface area contributed by atoms with Crippen LogP contribution < -0.4 is 11.1 Å². The smallest absolute Gasteiger partial charge is 0.278 e. The van der Waals surface area contributed by atoms with Crippen LogP contribution in [0.5, 0.6) is 0 Å². The normalized spacial score (nSPS) is 10.4. The van der Waals surface area contributed by atoms with Gasteiger partial charge in [0.1, 0.15) is 5.82 Å². The van der Waals surface area contributed by atoms with Crippen LogP contribution in [0.1, 0.15) is 10.5 Å². The molecule has 0 fully saturated rings. The maximum atomic E-state index is 12.8. The number of benzene rings is 1. The van der Waals surface area contributed by atoms with Crippen LogP contribution >= 0.6 is 11.6 Å². The fourth-order valence-corrected chi connectivity index (χ4v) is 1.67. The van der Waals surface area contributed by atoms with Gasteiger partial charge in [-0.1, -0.05) is 11.6 Å². The highest BCUT2D eigenvalue weighted by Gasteiger charge is 2.15. The van der Waals surface area contributed by atoms with Gasteiger partial charge in [0.05, 0.1) is 16.4 Å². The topological polar surface area (TPSA) is 72.9 Å². The van der Waals surface area contributed by atoms with Gasteiger partial charge in [0, 0.05) is 13.2 Å². The van der Waals surface area contributed by atoms with Crippen LogP contribution in [-0.2, 0) is 7.05 Å². The fraction of sp³-hybridized carbons (Fsp3) is 0.0909. The average molecular weight is 269 g/mol. The Balaban J connectivity index is 2.24. The van der Waals surface area contributed by atoms with Crippen molar-refractivity contribution in [3.05, 3.63) is 40.9 Å². The highest BCUT2D eigenvalue weighted by molar-refractivity contribution is 6.33. The summed E-state index contributed by atoms with van der Waals surface area (Å²) >= 11 is 5.79. The predicted octanol–water partition coefficient (Wildman–Crippen LogP) is 2.05. The van der Waals surface area contributed by atoms with Crippen molar-refractivity contribution in [3.8, 4) is 0 Å². The molecule has 0 unspecified atom stereocenters. The van der Waals surface area contributed by atoms with Crippen LogP contribution in [0.15, 0.2) is 24.4 Å². The summed E-state index contributed by atoms with van der Waals surface area (Å²) in [4.78, 5) is 11.9. The Hall–Kier alpha value is -2.08. The zero-order valence-electron chi connectivity index (χ0n) is 9.45. The number of nitrogen functional groups attached to an aromatic ring is 1. The van der Waals surface area contributed by atoms with Crippen LogP contribution in [-0.4, -0.2) is 15.7 Å². The van der Waals surface area contributed by atoms with E-state index in [0.29, 0.717) is 5.69 Å². The first-order valence-electron chi connectivity index (χ1n) is 5.03. The van der Waals surface area contributed by atoms with Crippen molar-refractivity contribution in [1.29, 1.82) is 0 Å². The molecule has 0 aliphatic rings. The van der Waals surface area contributed by atoms with Crippen molar-refractivity contribution in [3.63, 3.8) is 0 Å². The minimum Gasteiger partial charge on any atom is -0.396 e. The Bertz CT molecular complexity index is 611. The van der Waals surface area contributed by atoms with Crippen LogP contribution in [0.25, 0.3) is 0 Å². The Labute approximate surface area is 107 Å². The number of anilines is 2. The van der Waals surface area contributed by atoms with Gasteiger partial charge >= 0.3 is 0 Å². The zero-order valence-corrected chi connectivity index (χ0v) is 10.2. The average Bonchev–Trinajstić information content (AvgIpc) is 2.62. The van der Waals surface area contributed by atoms with Crippen LogP contribution in [0, 0.1) is 5.82 Å². The molecule has 0 saturated heterocycles. The summed E-state index contributed by atoms with van der Waals surface area (Å²) in [6, 6.07) is 3.68. The molecule has 2 aromatic rings.